The molecule has 5 aromatic rings. The summed E-state index contributed by atoms with van der Waals surface area (Å²) in [6.07, 6.45) is 0. The zero-order valence-corrected chi connectivity index (χ0v) is 17.7. The summed E-state index contributed by atoms with van der Waals surface area (Å²) in [4.78, 5) is 12.2. The number of hydrogen-bond donors (Lipinski definition) is 2. The second kappa shape index (κ2) is 8.34. The zero-order chi connectivity index (χ0) is 21.2. The van der Waals surface area contributed by atoms with E-state index in [-0.39, 0.29) is 0 Å². The summed E-state index contributed by atoms with van der Waals surface area (Å²) < 4.78 is 1.28. The Kier molecular flexibility index (Phi) is 5.24. The summed E-state index contributed by atoms with van der Waals surface area (Å²) in [6, 6.07) is 31.0. The minimum absolute atomic E-state index is 0.315. The maximum absolute atomic E-state index is 11.0. The second-order valence-electron chi connectivity index (χ2n) is 7.63. The quantitative estimate of drug-likeness (QED) is 0.319. The molecule has 31 heavy (non-hydrogen) atoms. The summed E-state index contributed by atoms with van der Waals surface area (Å²) >= 11 is 1.81. The van der Waals surface area contributed by atoms with Gasteiger partial charge in [-0.25, -0.2) is 4.79 Å². The largest absolute Gasteiger partial charge is 0.478 e. The third kappa shape index (κ3) is 4.22. The van der Waals surface area contributed by atoms with Crippen molar-refractivity contribution in [2.45, 2.75) is 13.1 Å². The van der Waals surface area contributed by atoms with Crippen LogP contribution < -0.4 is 5.32 Å². The van der Waals surface area contributed by atoms with Crippen LogP contribution in [0.3, 0.4) is 0 Å². The lowest BCUT2D eigenvalue weighted by Gasteiger charge is -2.04. The summed E-state index contributed by atoms with van der Waals surface area (Å²) in [5, 5.41) is 16.2. The lowest BCUT2D eigenvalue weighted by Crippen LogP contribution is -2.11. The Labute approximate surface area is 184 Å². The minimum Gasteiger partial charge on any atom is -0.478 e. The second-order valence-corrected chi connectivity index (χ2v) is 8.80. The number of rotatable bonds is 6. The van der Waals surface area contributed by atoms with Crippen LogP contribution in [0.15, 0.2) is 91.0 Å². The number of thiophene rings is 1. The highest BCUT2D eigenvalue weighted by molar-refractivity contribution is 7.19. The van der Waals surface area contributed by atoms with Crippen molar-refractivity contribution in [3.8, 4) is 11.1 Å². The Morgan fingerprint density at radius 2 is 1.45 bits per heavy atom. The van der Waals surface area contributed by atoms with E-state index < -0.39 is 5.97 Å². The summed E-state index contributed by atoms with van der Waals surface area (Å²) in [7, 11) is 0. The fraction of sp³-hybridized carbons (Fsp3) is 0.0741. The predicted molar refractivity (Wildman–Crippen MR) is 129 cm³/mol. The fourth-order valence-corrected chi connectivity index (χ4v) is 4.84. The monoisotopic (exact) mass is 423 g/mol. The van der Waals surface area contributed by atoms with Crippen LogP contribution in [0.2, 0.25) is 0 Å². The van der Waals surface area contributed by atoms with Gasteiger partial charge in [-0.05, 0) is 69.2 Å². The molecule has 5 rings (SSSR count). The van der Waals surface area contributed by atoms with Crippen molar-refractivity contribution in [3.05, 3.63) is 107 Å². The van der Waals surface area contributed by atoms with Gasteiger partial charge in [0.25, 0.3) is 0 Å². The average Bonchev–Trinajstić information content (AvgIpc) is 3.21. The molecule has 2 N–H and O–H groups in total. The third-order valence-electron chi connectivity index (χ3n) is 5.48. The molecule has 0 amide bonds. The minimum atomic E-state index is -0.896. The molecule has 0 spiro atoms. The molecule has 152 valence electrons. The van der Waals surface area contributed by atoms with E-state index in [1.807, 2.05) is 12.1 Å². The summed E-state index contributed by atoms with van der Waals surface area (Å²) in [5.41, 5.74) is 3.85. The molecule has 1 aromatic heterocycles. The SMILES string of the molecule is O=C(O)c1ccc(CNCc2cc3cc(-c4ccc5ccccc5c4)ccc3s2)cc1. The molecule has 0 aliphatic rings. The van der Waals surface area contributed by atoms with E-state index in [9.17, 15) is 4.79 Å². The van der Waals surface area contributed by atoms with Crippen LogP contribution in [-0.4, -0.2) is 11.1 Å². The highest BCUT2D eigenvalue weighted by atomic mass is 32.1. The van der Waals surface area contributed by atoms with Crippen molar-refractivity contribution in [2.24, 2.45) is 0 Å². The Morgan fingerprint density at radius 1 is 0.742 bits per heavy atom. The number of carboxylic acids is 1. The van der Waals surface area contributed by atoms with Crippen LogP contribution in [0.4, 0.5) is 0 Å². The van der Waals surface area contributed by atoms with Crippen LogP contribution in [0.1, 0.15) is 20.8 Å². The van der Waals surface area contributed by atoms with Gasteiger partial charge in [-0.15, -0.1) is 11.3 Å². The van der Waals surface area contributed by atoms with Gasteiger partial charge in [-0.3, -0.25) is 0 Å². The maximum Gasteiger partial charge on any atom is 0.335 e. The molecule has 4 aromatic carbocycles. The first kappa shape index (κ1) is 19.5. The molecule has 0 bridgehead atoms. The van der Waals surface area contributed by atoms with Crippen molar-refractivity contribution in [3.63, 3.8) is 0 Å². The van der Waals surface area contributed by atoms with Crippen LogP contribution in [0.5, 0.6) is 0 Å². The van der Waals surface area contributed by atoms with Crippen LogP contribution in [-0.2, 0) is 13.1 Å². The molecule has 0 saturated carbocycles. The van der Waals surface area contributed by atoms with Crippen molar-refractivity contribution >= 4 is 38.2 Å². The Hall–Kier alpha value is -3.47. The summed E-state index contributed by atoms with van der Waals surface area (Å²) in [5.74, 6) is -0.896. The van der Waals surface area contributed by atoms with E-state index in [4.69, 9.17) is 5.11 Å². The van der Waals surface area contributed by atoms with Gasteiger partial charge in [0.1, 0.15) is 0 Å². The highest BCUT2D eigenvalue weighted by Gasteiger charge is 2.06. The van der Waals surface area contributed by atoms with Crippen molar-refractivity contribution in [2.75, 3.05) is 0 Å². The van der Waals surface area contributed by atoms with Crippen molar-refractivity contribution in [1.82, 2.24) is 5.32 Å². The Bertz CT molecular complexity index is 1390. The molecule has 1 heterocycles. The van der Waals surface area contributed by atoms with E-state index in [1.165, 1.54) is 36.9 Å². The molecule has 0 aliphatic heterocycles. The predicted octanol–water partition coefficient (Wildman–Crippen LogP) is 6.71. The average molecular weight is 424 g/mol. The van der Waals surface area contributed by atoms with Gasteiger partial charge in [0, 0.05) is 22.7 Å². The van der Waals surface area contributed by atoms with E-state index in [1.54, 1.807) is 23.5 Å². The maximum atomic E-state index is 11.0. The number of carbonyl (C=O) groups is 1. The number of fused-ring (bicyclic) bond motifs is 2. The molecule has 0 fully saturated rings. The third-order valence-corrected chi connectivity index (χ3v) is 6.60. The zero-order valence-electron chi connectivity index (χ0n) is 16.8. The first-order valence-corrected chi connectivity index (χ1v) is 11.0. The van der Waals surface area contributed by atoms with Crippen molar-refractivity contribution < 1.29 is 9.90 Å². The topological polar surface area (TPSA) is 49.3 Å². The van der Waals surface area contributed by atoms with Gasteiger partial charge in [0.15, 0.2) is 0 Å². The first-order chi connectivity index (χ1) is 15.2. The highest BCUT2D eigenvalue weighted by Crippen LogP contribution is 2.31. The molecule has 0 atom stereocenters. The molecule has 4 heteroatoms. The lowest BCUT2D eigenvalue weighted by atomic mass is 10.0. The fourth-order valence-electron chi connectivity index (χ4n) is 3.83. The standard InChI is InChI=1S/C27H21NO2S/c29-27(30)20-7-5-18(6-8-20)16-28-17-25-15-24-14-23(11-12-26(24)31-25)22-10-9-19-3-1-2-4-21(19)13-22/h1-15,28H,16-17H2,(H,29,30). The molecular weight excluding hydrogens is 402 g/mol. The van der Waals surface area contributed by atoms with Crippen LogP contribution in [0.25, 0.3) is 32.0 Å². The first-order valence-electron chi connectivity index (χ1n) is 10.2. The van der Waals surface area contributed by atoms with Gasteiger partial charge < -0.3 is 10.4 Å². The molecule has 0 unspecified atom stereocenters. The number of hydrogen-bond acceptors (Lipinski definition) is 3. The molecule has 0 saturated heterocycles. The normalized spacial score (nSPS) is 11.2. The molecule has 3 nitrogen and oxygen atoms in total. The van der Waals surface area contributed by atoms with Gasteiger partial charge in [-0.1, -0.05) is 54.6 Å². The van der Waals surface area contributed by atoms with E-state index >= 15 is 0 Å². The summed E-state index contributed by atoms with van der Waals surface area (Å²) in [6.45, 7) is 1.49. The number of nitrogens with one attached hydrogen (secondary N) is 1. The van der Waals surface area contributed by atoms with E-state index in [2.05, 4.69) is 72.0 Å². The molecule has 0 aliphatic carbocycles. The lowest BCUT2D eigenvalue weighted by molar-refractivity contribution is 0.0697. The molecular formula is C27H21NO2S. The van der Waals surface area contributed by atoms with E-state index in [0.717, 1.165) is 12.1 Å². The number of benzene rings is 4. The van der Waals surface area contributed by atoms with Gasteiger partial charge >= 0.3 is 5.97 Å². The Balaban J connectivity index is 1.30. The van der Waals surface area contributed by atoms with Gasteiger partial charge in [0.05, 0.1) is 5.56 Å². The van der Waals surface area contributed by atoms with Gasteiger partial charge in [0.2, 0.25) is 0 Å². The Morgan fingerprint density at radius 3 is 2.23 bits per heavy atom. The molecule has 0 radical (unpaired) electrons. The smallest absolute Gasteiger partial charge is 0.335 e. The van der Waals surface area contributed by atoms with Gasteiger partial charge in [-0.2, -0.15) is 0 Å². The number of aromatic carboxylic acids is 1. The number of carboxylic acid groups (broad SMARTS) is 1. The van der Waals surface area contributed by atoms with E-state index in [0.29, 0.717) is 12.1 Å². The van der Waals surface area contributed by atoms with Crippen LogP contribution in [0, 0.1) is 0 Å². The van der Waals surface area contributed by atoms with Crippen molar-refractivity contribution in [1.29, 1.82) is 0 Å². The van der Waals surface area contributed by atoms with Crippen LogP contribution >= 0.6 is 11.3 Å².